The number of aryl methyl sites for hydroxylation is 1. The van der Waals surface area contributed by atoms with E-state index in [9.17, 15) is 0 Å². The van der Waals surface area contributed by atoms with Gasteiger partial charge in [0.25, 0.3) is 0 Å². The van der Waals surface area contributed by atoms with E-state index in [0.717, 1.165) is 26.3 Å². The molecule has 2 nitrogen and oxygen atoms in total. The number of nitrogens with one attached hydrogen (secondary N) is 1. The highest BCUT2D eigenvalue weighted by Gasteiger charge is 2.12. The summed E-state index contributed by atoms with van der Waals surface area (Å²) in [7, 11) is 0. The Morgan fingerprint density at radius 3 is 2.81 bits per heavy atom. The van der Waals surface area contributed by atoms with Crippen LogP contribution in [0.4, 0.5) is 0 Å². The van der Waals surface area contributed by atoms with Gasteiger partial charge in [-0.2, -0.15) is 0 Å². The molecular weight excluding hydrogens is 198 g/mol. The normalized spacial score (nSPS) is 20.9. The molecule has 2 heteroatoms. The van der Waals surface area contributed by atoms with Crippen molar-refractivity contribution in [2.75, 3.05) is 19.8 Å². The van der Waals surface area contributed by atoms with Gasteiger partial charge in [-0.15, -0.1) is 0 Å². The summed E-state index contributed by atoms with van der Waals surface area (Å²) in [4.78, 5) is 0. The van der Waals surface area contributed by atoms with Crippen molar-refractivity contribution in [2.24, 2.45) is 5.92 Å². The third-order valence-corrected chi connectivity index (χ3v) is 3.14. The van der Waals surface area contributed by atoms with E-state index in [1.165, 1.54) is 24.0 Å². The van der Waals surface area contributed by atoms with Crippen LogP contribution in [0.25, 0.3) is 0 Å². The Hall–Kier alpha value is -0.860. The molecule has 0 bridgehead atoms. The smallest absolute Gasteiger partial charge is 0.0506 e. The average molecular weight is 219 g/mol. The van der Waals surface area contributed by atoms with Crippen molar-refractivity contribution < 1.29 is 4.74 Å². The number of benzene rings is 1. The lowest BCUT2D eigenvalue weighted by atomic mass is 10.0. The Morgan fingerprint density at radius 2 is 2.12 bits per heavy atom. The summed E-state index contributed by atoms with van der Waals surface area (Å²) in [5.74, 6) is 0.708. The van der Waals surface area contributed by atoms with E-state index < -0.39 is 0 Å². The standard InChI is InChI=1S/C14H21NO/c1-12-4-6-13(7-5-12)9-15-10-14-3-2-8-16-11-14/h4-7,14-15H,2-3,8-11H2,1H3. The summed E-state index contributed by atoms with van der Waals surface area (Å²) in [5.41, 5.74) is 2.69. The molecule has 1 aliphatic heterocycles. The van der Waals surface area contributed by atoms with Crippen LogP contribution in [-0.2, 0) is 11.3 Å². The van der Waals surface area contributed by atoms with Gasteiger partial charge < -0.3 is 10.1 Å². The molecule has 0 spiro atoms. The maximum atomic E-state index is 5.46. The van der Waals surface area contributed by atoms with Gasteiger partial charge in [-0.05, 0) is 31.2 Å². The monoisotopic (exact) mass is 219 g/mol. The molecule has 1 aromatic carbocycles. The molecule has 1 fully saturated rings. The minimum atomic E-state index is 0.708. The highest BCUT2D eigenvalue weighted by molar-refractivity contribution is 5.21. The van der Waals surface area contributed by atoms with Crippen LogP contribution in [0.2, 0.25) is 0 Å². The molecular formula is C14H21NO. The van der Waals surface area contributed by atoms with Crippen molar-refractivity contribution in [1.29, 1.82) is 0 Å². The fourth-order valence-electron chi connectivity index (χ4n) is 2.09. The van der Waals surface area contributed by atoms with Gasteiger partial charge in [-0.3, -0.25) is 0 Å². The molecule has 1 unspecified atom stereocenters. The Balaban J connectivity index is 1.69. The summed E-state index contributed by atoms with van der Waals surface area (Å²) in [5, 5.41) is 3.51. The second-order valence-corrected chi connectivity index (χ2v) is 4.70. The highest BCUT2D eigenvalue weighted by Crippen LogP contribution is 2.12. The summed E-state index contributed by atoms with van der Waals surface area (Å²) in [6.07, 6.45) is 2.53. The van der Waals surface area contributed by atoms with E-state index in [4.69, 9.17) is 4.74 Å². The third-order valence-electron chi connectivity index (χ3n) is 3.14. The number of hydrogen-bond acceptors (Lipinski definition) is 2. The molecule has 0 aliphatic carbocycles. The quantitative estimate of drug-likeness (QED) is 0.840. The predicted molar refractivity (Wildman–Crippen MR) is 66.4 cm³/mol. The first kappa shape index (κ1) is 11.6. The lowest BCUT2D eigenvalue weighted by molar-refractivity contribution is 0.0547. The molecule has 0 saturated carbocycles. The van der Waals surface area contributed by atoms with Gasteiger partial charge in [-0.25, -0.2) is 0 Å². The van der Waals surface area contributed by atoms with Crippen molar-refractivity contribution in [2.45, 2.75) is 26.3 Å². The lowest BCUT2D eigenvalue weighted by Crippen LogP contribution is -2.28. The fraction of sp³-hybridized carbons (Fsp3) is 0.571. The van der Waals surface area contributed by atoms with E-state index in [0.29, 0.717) is 5.92 Å². The van der Waals surface area contributed by atoms with Gasteiger partial charge >= 0.3 is 0 Å². The van der Waals surface area contributed by atoms with Gasteiger partial charge in [0.15, 0.2) is 0 Å². The molecule has 1 N–H and O–H groups in total. The first-order valence-electron chi connectivity index (χ1n) is 6.18. The minimum absolute atomic E-state index is 0.708. The Kier molecular flexibility index (Phi) is 4.37. The molecule has 1 aliphatic rings. The zero-order valence-electron chi connectivity index (χ0n) is 10.0. The second-order valence-electron chi connectivity index (χ2n) is 4.70. The van der Waals surface area contributed by atoms with Crippen molar-refractivity contribution >= 4 is 0 Å². The zero-order valence-corrected chi connectivity index (χ0v) is 10.0. The van der Waals surface area contributed by atoms with E-state index in [-0.39, 0.29) is 0 Å². The maximum Gasteiger partial charge on any atom is 0.0506 e. The fourth-order valence-corrected chi connectivity index (χ4v) is 2.09. The van der Waals surface area contributed by atoms with Crippen LogP contribution in [0.5, 0.6) is 0 Å². The Labute approximate surface area is 98.0 Å². The van der Waals surface area contributed by atoms with Gasteiger partial charge in [0.05, 0.1) is 6.61 Å². The topological polar surface area (TPSA) is 21.3 Å². The highest BCUT2D eigenvalue weighted by atomic mass is 16.5. The van der Waals surface area contributed by atoms with Gasteiger partial charge in [0.2, 0.25) is 0 Å². The van der Waals surface area contributed by atoms with E-state index >= 15 is 0 Å². The molecule has 16 heavy (non-hydrogen) atoms. The van der Waals surface area contributed by atoms with Crippen molar-refractivity contribution in [3.8, 4) is 0 Å². The maximum absolute atomic E-state index is 5.46. The molecule has 0 amide bonds. The van der Waals surface area contributed by atoms with Gasteiger partial charge in [-0.1, -0.05) is 29.8 Å². The van der Waals surface area contributed by atoms with Crippen LogP contribution in [-0.4, -0.2) is 19.8 Å². The zero-order chi connectivity index (χ0) is 11.2. The van der Waals surface area contributed by atoms with E-state index in [1.807, 2.05) is 0 Å². The lowest BCUT2D eigenvalue weighted by Gasteiger charge is -2.22. The Morgan fingerprint density at radius 1 is 1.31 bits per heavy atom. The van der Waals surface area contributed by atoms with Gasteiger partial charge in [0.1, 0.15) is 0 Å². The molecule has 0 radical (unpaired) electrons. The SMILES string of the molecule is Cc1ccc(CNCC2CCCOC2)cc1. The summed E-state index contributed by atoms with van der Waals surface area (Å²) in [6, 6.07) is 8.72. The van der Waals surface area contributed by atoms with E-state index in [1.54, 1.807) is 0 Å². The van der Waals surface area contributed by atoms with Crippen LogP contribution in [0.15, 0.2) is 24.3 Å². The van der Waals surface area contributed by atoms with Crippen LogP contribution in [0.3, 0.4) is 0 Å². The third kappa shape index (κ3) is 3.62. The van der Waals surface area contributed by atoms with Crippen molar-refractivity contribution in [1.82, 2.24) is 5.32 Å². The minimum Gasteiger partial charge on any atom is -0.381 e. The largest absolute Gasteiger partial charge is 0.381 e. The molecule has 1 saturated heterocycles. The summed E-state index contributed by atoms with van der Waals surface area (Å²) < 4.78 is 5.46. The first-order valence-corrected chi connectivity index (χ1v) is 6.18. The number of ether oxygens (including phenoxy) is 1. The second kappa shape index (κ2) is 6.02. The van der Waals surface area contributed by atoms with Crippen LogP contribution >= 0.6 is 0 Å². The average Bonchev–Trinajstić information content (AvgIpc) is 2.33. The van der Waals surface area contributed by atoms with Crippen LogP contribution in [0.1, 0.15) is 24.0 Å². The molecule has 1 atom stereocenters. The summed E-state index contributed by atoms with van der Waals surface area (Å²) in [6.45, 7) is 6.05. The molecule has 1 heterocycles. The summed E-state index contributed by atoms with van der Waals surface area (Å²) >= 11 is 0. The first-order chi connectivity index (χ1) is 7.84. The van der Waals surface area contributed by atoms with Crippen LogP contribution in [0, 0.1) is 12.8 Å². The number of rotatable bonds is 4. The Bertz CT molecular complexity index is 301. The van der Waals surface area contributed by atoms with Crippen molar-refractivity contribution in [3.63, 3.8) is 0 Å². The molecule has 0 aromatic heterocycles. The van der Waals surface area contributed by atoms with Gasteiger partial charge in [0, 0.05) is 19.7 Å². The van der Waals surface area contributed by atoms with Crippen molar-refractivity contribution in [3.05, 3.63) is 35.4 Å². The molecule has 1 aromatic rings. The predicted octanol–water partition coefficient (Wildman–Crippen LogP) is 2.51. The molecule has 2 rings (SSSR count). The number of hydrogen-bond donors (Lipinski definition) is 1. The molecule has 88 valence electrons. The van der Waals surface area contributed by atoms with Crippen LogP contribution < -0.4 is 5.32 Å². The van der Waals surface area contributed by atoms with E-state index in [2.05, 4.69) is 36.5 Å².